The maximum Gasteiger partial charge on any atom is 0.315 e. The molecule has 1 saturated heterocycles. The Labute approximate surface area is 200 Å². The van der Waals surface area contributed by atoms with Gasteiger partial charge in [0.15, 0.2) is 0 Å². The summed E-state index contributed by atoms with van der Waals surface area (Å²) in [6, 6.07) is 13.2. The number of methoxy groups -OCH3 is 1. The lowest BCUT2D eigenvalue weighted by Crippen LogP contribution is -2.50. The van der Waals surface area contributed by atoms with Gasteiger partial charge >= 0.3 is 5.97 Å². The first-order valence-electron chi connectivity index (χ1n) is 11.7. The predicted molar refractivity (Wildman–Crippen MR) is 133 cm³/mol. The van der Waals surface area contributed by atoms with Crippen molar-refractivity contribution in [3.8, 4) is 11.5 Å². The largest absolute Gasteiger partial charge is 0.497 e. The van der Waals surface area contributed by atoms with Crippen LogP contribution in [0, 0.1) is 6.92 Å². The van der Waals surface area contributed by atoms with Crippen LogP contribution >= 0.6 is 0 Å². The molecule has 0 N–H and O–H groups in total. The minimum Gasteiger partial charge on any atom is -0.497 e. The van der Waals surface area contributed by atoms with Crippen molar-refractivity contribution in [2.75, 3.05) is 33.3 Å². The highest BCUT2D eigenvalue weighted by molar-refractivity contribution is 5.94. The molecule has 0 bridgehead atoms. The number of rotatable bonds is 6. The molecular formula is C27H33N3O4. The van der Waals surface area contributed by atoms with Crippen LogP contribution in [0.2, 0.25) is 0 Å². The van der Waals surface area contributed by atoms with Gasteiger partial charge in [-0.25, -0.2) is 0 Å². The summed E-state index contributed by atoms with van der Waals surface area (Å²) in [6.45, 7) is 9.57. The number of fused-ring (bicyclic) bond motifs is 1. The number of aromatic nitrogens is 1. The van der Waals surface area contributed by atoms with Crippen molar-refractivity contribution >= 4 is 22.8 Å². The van der Waals surface area contributed by atoms with E-state index >= 15 is 0 Å². The SMILES string of the molecule is COc1ccc2c(c1)c(CC(=O)Oc1ccc(C(=O)N3CCN(C(C)C)CC3)cc1)c(C)n2C. The standard InChI is InChI=1S/C27H33N3O4/c1-18(2)29-12-14-30(15-13-29)27(32)20-6-8-21(9-7-20)34-26(31)17-23-19(3)28(4)25-11-10-22(33-5)16-24(23)25/h6-11,16,18H,12-15,17H2,1-5H3. The van der Waals surface area contributed by atoms with Crippen LogP contribution < -0.4 is 9.47 Å². The predicted octanol–water partition coefficient (Wildman–Crippen LogP) is 3.81. The Kier molecular flexibility index (Phi) is 6.93. The van der Waals surface area contributed by atoms with Crippen LogP contribution in [-0.2, 0) is 18.3 Å². The highest BCUT2D eigenvalue weighted by Gasteiger charge is 2.23. The molecule has 1 aliphatic heterocycles. The van der Waals surface area contributed by atoms with Gasteiger partial charge in [-0.1, -0.05) is 0 Å². The molecule has 0 radical (unpaired) electrons. The highest BCUT2D eigenvalue weighted by atomic mass is 16.5. The Morgan fingerprint density at radius 2 is 1.62 bits per heavy atom. The van der Waals surface area contributed by atoms with Crippen molar-refractivity contribution in [1.29, 1.82) is 0 Å². The third-order valence-corrected chi connectivity index (χ3v) is 6.82. The summed E-state index contributed by atoms with van der Waals surface area (Å²) >= 11 is 0. The number of piperazine rings is 1. The molecule has 2 aromatic carbocycles. The molecule has 4 rings (SSSR count). The molecular weight excluding hydrogens is 430 g/mol. The molecule has 2 heterocycles. The fraction of sp³-hybridized carbons (Fsp3) is 0.407. The zero-order chi connectivity index (χ0) is 24.4. The smallest absolute Gasteiger partial charge is 0.315 e. The van der Waals surface area contributed by atoms with E-state index in [2.05, 4.69) is 23.3 Å². The molecule has 1 aromatic heterocycles. The molecule has 180 valence electrons. The summed E-state index contributed by atoms with van der Waals surface area (Å²) in [5.41, 5.74) is 3.58. The fourth-order valence-corrected chi connectivity index (χ4v) is 4.58. The molecule has 0 atom stereocenters. The maximum absolute atomic E-state index is 12.9. The van der Waals surface area contributed by atoms with Crippen LogP contribution in [0.1, 0.15) is 35.5 Å². The summed E-state index contributed by atoms with van der Waals surface area (Å²) in [5, 5.41) is 0.981. The van der Waals surface area contributed by atoms with E-state index in [-0.39, 0.29) is 18.3 Å². The zero-order valence-electron chi connectivity index (χ0n) is 20.6. The number of esters is 1. The Hall–Kier alpha value is -3.32. The second kappa shape index (κ2) is 9.89. The summed E-state index contributed by atoms with van der Waals surface area (Å²) in [6.07, 6.45) is 0.150. The lowest BCUT2D eigenvalue weighted by Gasteiger charge is -2.37. The number of carbonyl (C=O) groups excluding carboxylic acids is 2. The monoisotopic (exact) mass is 463 g/mol. The summed E-state index contributed by atoms with van der Waals surface area (Å²) in [4.78, 5) is 29.9. The minimum atomic E-state index is -0.345. The third kappa shape index (κ3) is 4.80. The van der Waals surface area contributed by atoms with E-state index in [4.69, 9.17) is 9.47 Å². The molecule has 0 saturated carbocycles. The van der Waals surface area contributed by atoms with E-state index in [9.17, 15) is 9.59 Å². The Morgan fingerprint density at radius 3 is 2.24 bits per heavy atom. The van der Waals surface area contributed by atoms with Gasteiger partial charge in [-0.15, -0.1) is 0 Å². The van der Waals surface area contributed by atoms with Gasteiger partial charge in [-0.3, -0.25) is 14.5 Å². The Bertz CT molecular complexity index is 1190. The molecule has 0 spiro atoms. The topological polar surface area (TPSA) is 64.0 Å². The van der Waals surface area contributed by atoms with Crippen LogP contribution in [0.5, 0.6) is 11.5 Å². The van der Waals surface area contributed by atoms with Gasteiger partial charge in [0, 0.05) is 61.4 Å². The highest BCUT2D eigenvalue weighted by Crippen LogP contribution is 2.29. The molecule has 0 aliphatic carbocycles. The van der Waals surface area contributed by atoms with E-state index in [1.807, 2.05) is 37.1 Å². The second-order valence-electron chi connectivity index (χ2n) is 9.10. The van der Waals surface area contributed by atoms with Crippen molar-refractivity contribution in [3.05, 3.63) is 59.3 Å². The van der Waals surface area contributed by atoms with Crippen molar-refractivity contribution in [2.45, 2.75) is 33.2 Å². The fourth-order valence-electron chi connectivity index (χ4n) is 4.58. The first-order valence-corrected chi connectivity index (χ1v) is 11.7. The number of hydrogen-bond acceptors (Lipinski definition) is 5. The number of ether oxygens (including phenoxy) is 2. The molecule has 0 unspecified atom stereocenters. The lowest BCUT2D eigenvalue weighted by atomic mass is 10.1. The zero-order valence-corrected chi connectivity index (χ0v) is 20.6. The van der Waals surface area contributed by atoms with Crippen molar-refractivity contribution < 1.29 is 19.1 Å². The maximum atomic E-state index is 12.9. The van der Waals surface area contributed by atoms with Crippen molar-refractivity contribution in [3.63, 3.8) is 0 Å². The number of carbonyl (C=O) groups is 2. The van der Waals surface area contributed by atoms with E-state index in [1.54, 1.807) is 31.4 Å². The Balaban J connectivity index is 1.41. The third-order valence-electron chi connectivity index (χ3n) is 6.82. The Morgan fingerprint density at radius 1 is 0.971 bits per heavy atom. The van der Waals surface area contributed by atoms with Crippen LogP contribution in [0.15, 0.2) is 42.5 Å². The van der Waals surface area contributed by atoms with Gasteiger partial charge in [-0.05, 0) is 68.8 Å². The molecule has 3 aromatic rings. The summed E-state index contributed by atoms with van der Waals surface area (Å²) in [5.74, 6) is 0.851. The van der Waals surface area contributed by atoms with Gasteiger partial charge in [0.2, 0.25) is 0 Å². The van der Waals surface area contributed by atoms with E-state index in [0.29, 0.717) is 17.4 Å². The average Bonchev–Trinajstić information content (AvgIpc) is 3.08. The number of hydrogen-bond donors (Lipinski definition) is 0. The van der Waals surface area contributed by atoms with Crippen LogP contribution in [0.4, 0.5) is 0 Å². The normalized spacial score (nSPS) is 14.6. The molecule has 7 heteroatoms. The van der Waals surface area contributed by atoms with Gasteiger partial charge in [0.25, 0.3) is 5.91 Å². The lowest BCUT2D eigenvalue weighted by molar-refractivity contribution is -0.133. The van der Waals surface area contributed by atoms with Gasteiger partial charge in [0.1, 0.15) is 11.5 Å². The minimum absolute atomic E-state index is 0.0154. The first-order chi connectivity index (χ1) is 16.3. The van der Waals surface area contributed by atoms with Gasteiger partial charge < -0.3 is 18.9 Å². The quantitative estimate of drug-likeness (QED) is 0.411. The molecule has 1 aliphatic rings. The van der Waals surface area contributed by atoms with Crippen LogP contribution in [0.25, 0.3) is 10.9 Å². The summed E-state index contributed by atoms with van der Waals surface area (Å²) in [7, 11) is 3.61. The number of nitrogens with zero attached hydrogens (tertiary/aromatic N) is 3. The summed E-state index contributed by atoms with van der Waals surface area (Å²) < 4.78 is 13.0. The average molecular weight is 464 g/mol. The number of benzene rings is 2. The number of aryl methyl sites for hydroxylation is 1. The van der Waals surface area contributed by atoms with Crippen molar-refractivity contribution in [2.24, 2.45) is 7.05 Å². The van der Waals surface area contributed by atoms with Crippen molar-refractivity contribution in [1.82, 2.24) is 14.4 Å². The van der Waals surface area contributed by atoms with E-state index in [1.165, 1.54) is 0 Å². The first kappa shape index (κ1) is 23.8. The van der Waals surface area contributed by atoms with Gasteiger partial charge in [0.05, 0.1) is 13.5 Å². The van der Waals surface area contributed by atoms with E-state index < -0.39 is 0 Å². The molecule has 1 amide bonds. The van der Waals surface area contributed by atoms with E-state index in [0.717, 1.165) is 54.1 Å². The molecule has 34 heavy (non-hydrogen) atoms. The van der Waals surface area contributed by atoms with Crippen LogP contribution in [-0.4, -0.2) is 65.6 Å². The molecule has 1 fully saturated rings. The van der Waals surface area contributed by atoms with Gasteiger partial charge in [-0.2, -0.15) is 0 Å². The molecule has 7 nitrogen and oxygen atoms in total. The second-order valence-corrected chi connectivity index (χ2v) is 9.10. The number of amides is 1. The van der Waals surface area contributed by atoms with Crippen LogP contribution in [0.3, 0.4) is 0 Å².